The molecule has 2 N–H and O–H groups in total. The standard InChI is InChI=1S/C24H24ClN5O3S/c1-3-4-20(31)26-17-8-6-15(7-9-17)22(33)27-24-29-28-23(34-24)16-11-21(32)30(13-16)18-10-5-14(2)19(25)12-18/h5-10,12,16H,3-4,11,13H2,1-2H3,(H,26,31)(H,27,29,33). The number of hydrogen-bond acceptors (Lipinski definition) is 6. The lowest BCUT2D eigenvalue weighted by Gasteiger charge is -2.17. The zero-order valence-corrected chi connectivity index (χ0v) is 20.4. The van der Waals surface area contributed by atoms with Gasteiger partial charge in [-0.05, 0) is 55.3 Å². The minimum Gasteiger partial charge on any atom is -0.326 e. The summed E-state index contributed by atoms with van der Waals surface area (Å²) in [7, 11) is 0. The molecule has 0 saturated carbocycles. The maximum absolute atomic E-state index is 12.6. The zero-order chi connectivity index (χ0) is 24.2. The lowest BCUT2D eigenvalue weighted by molar-refractivity contribution is -0.117. The molecule has 0 radical (unpaired) electrons. The van der Waals surface area contributed by atoms with Crippen LogP contribution in [0, 0.1) is 6.92 Å². The van der Waals surface area contributed by atoms with Crippen molar-refractivity contribution in [3.8, 4) is 0 Å². The molecule has 0 bridgehead atoms. The molecule has 1 atom stereocenters. The number of amides is 3. The van der Waals surface area contributed by atoms with Crippen LogP contribution in [0.4, 0.5) is 16.5 Å². The highest BCUT2D eigenvalue weighted by Gasteiger charge is 2.34. The zero-order valence-electron chi connectivity index (χ0n) is 18.8. The average Bonchev–Trinajstić information content (AvgIpc) is 3.43. The SMILES string of the molecule is CCCC(=O)Nc1ccc(C(=O)Nc2nnc(C3CC(=O)N(c4ccc(C)c(Cl)c4)C3)s2)cc1. The van der Waals surface area contributed by atoms with Crippen molar-refractivity contribution in [1.82, 2.24) is 10.2 Å². The van der Waals surface area contributed by atoms with Crippen molar-refractivity contribution in [3.05, 3.63) is 63.6 Å². The lowest BCUT2D eigenvalue weighted by Crippen LogP contribution is -2.24. The van der Waals surface area contributed by atoms with Crippen LogP contribution in [0.15, 0.2) is 42.5 Å². The van der Waals surface area contributed by atoms with Crippen LogP contribution < -0.4 is 15.5 Å². The number of benzene rings is 2. The quantitative estimate of drug-likeness (QED) is 0.477. The second-order valence-electron chi connectivity index (χ2n) is 8.11. The van der Waals surface area contributed by atoms with E-state index < -0.39 is 0 Å². The molecule has 34 heavy (non-hydrogen) atoms. The van der Waals surface area contributed by atoms with Gasteiger partial charge in [-0.15, -0.1) is 10.2 Å². The van der Waals surface area contributed by atoms with Crippen molar-refractivity contribution in [3.63, 3.8) is 0 Å². The van der Waals surface area contributed by atoms with E-state index in [0.717, 1.165) is 17.7 Å². The van der Waals surface area contributed by atoms with E-state index in [-0.39, 0.29) is 23.6 Å². The Bertz CT molecular complexity index is 1230. The summed E-state index contributed by atoms with van der Waals surface area (Å²) >= 11 is 7.48. The maximum atomic E-state index is 12.6. The van der Waals surface area contributed by atoms with Crippen LogP contribution in [-0.4, -0.2) is 34.5 Å². The van der Waals surface area contributed by atoms with Crippen LogP contribution in [0.3, 0.4) is 0 Å². The van der Waals surface area contributed by atoms with Crippen LogP contribution in [0.5, 0.6) is 0 Å². The van der Waals surface area contributed by atoms with Crippen molar-refractivity contribution in [2.24, 2.45) is 0 Å². The molecule has 2 heterocycles. The minimum absolute atomic E-state index is 0.00294. The van der Waals surface area contributed by atoms with Gasteiger partial charge < -0.3 is 10.2 Å². The first-order chi connectivity index (χ1) is 16.3. The third-order valence-corrected chi connectivity index (χ3v) is 6.92. The van der Waals surface area contributed by atoms with Gasteiger partial charge in [0.1, 0.15) is 5.01 Å². The molecule has 1 aliphatic heterocycles. The summed E-state index contributed by atoms with van der Waals surface area (Å²) in [5, 5.41) is 15.5. The molecule has 1 aromatic heterocycles. The summed E-state index contributed by atoms with van der Waals surface area (Å²) in [6.07, 6.45) is 1.54. The molecule has 2 aromatic carbocycles. The van der Waals surface area contributed by atoms with E-state index in [4.69, 9.17) is 11.6 Å². The van der Waals surface area contributed by atoms with Crippen LogP contribution >= 0.6 is 22.9 Å². The fraction of sp³-hybridized carbons (Fsp3) is 0.292. The third-order valence-electron chi connectivity index (χ3n) is 5.51. The Balaban J connectivity index is 1.38. The highest BCUT2D eigenvalue weighted by atomic mass is 35.5. The van der Waals surface area contributed by atoms with Crippen molar-refractivity contribution in [2.45, 2.75) is 39.0 Å². The van der Waals surface area contributed by atoms with Gasteiger partial charge in [0, 0.05) is 47.3 Å². The van der Waals surface area contributed by atoms with Gasteiger partial charge in [0.15, 0.2) is 0 Å². The Hall–Kier alpha value is -3.30. The Labute approximate surface area is 206 Å². The number of carbonyl (C=O) groups is 3. The molecule has 1 saturated heterocycles. The number of nitrogens with zero attached hydrogens (tertiary/aromatic N) is 3. The molecule has 8 nitrogen and oxygen atoms in total. The normalized spacial score (nSPS) is 15.4. The van der Waals surface area contributed by atoms with Crippen molar-refractivity contribution in [1.29, 1.82) is 0 Å². The molecule has 10 heteroatoms. The van der Waals surface area contributed by atoms with E-state index in [9.17, 15) is 14.4 Å². The Kier molecular flexibility index (Phi) is 7.23. The van der Waals surface area contributed by atoms with Crippen LogP contribution in [0.2, 0.25) is 5.02 Å². The summed E-state index contributed by atoms with van der Waals surface area (Å²) in [6.45, 7) is 4.33. The largest absolute Gasteiger partial charge is 0.326 e. The van der Waals surface area contributed by atoms with Gasteiger partial charge in [-0.3, -0.25) is 19.7 Å². The molecule has 1 fully saturated rings. The fourth-order valence-corrected chi connectivity index (χ4v) is 4.65. The van der Waals surface area contributed by atoms with Gasteiger partial charge >= 0.3 is 0 Å². The van der Waals surface area contributed by atoms with Gasteiger partial charge in [-0.2, -0.15) is 0 Å². The highest BCUT2D eigenvalue weighted by Crippen LogP contribution is 2.35. The van der Waals surface area contributed by atoms with Crippen LogP contribution in [-0.2, 0) is 9.59 Å². The number of carbonyl (C=O) groups excluding carboxylic acids is 3. The van der Waals surface area contributed by atoms with E-state index in [2.05, 4.69) is 20.8 Å². The summed E-state index contributed by atoms with van der Waals surface area (Å²) in [4.78, 5) is 38.6. The number of rotatable bonds is 7. The van der Waals surface area contributed by atoms with E-state index in [1.807, 2.05) is 26.0 Å². The number of nitrogens with one attached hydrogen (secondary N) is 2. The predicted molar refractivity (Wildman–Crippen MR) is 134 cm³/mol. The number of halogens is 1. The van der Waals surface area contributed by atoms with Crippen LogP contribution in [0.1, 0.15) is 53.0 Å². The van der Waals surface area contributed by atoms with Gasteiger partial charge in [0.2, 0.25) is 16.9 Å². The molecule has 0 spiro atoms. The molecule has 3 amide bonds. The van der Waals surface area contributed by atoms with E-state index in [1.165, 1.54) is 11.3 Å². The number of hydrogen-bond donors (Lipinski definition) is 2. The Morgan fingerprint density at radius 2 is 1.91 bits per heavy atom. The van der Waals surface area contributed by atoms with E-state index >= 15 is 0 Å². The van der Waals surface area contributed by atoms with E-state index in [1.54, 1.807) is 35.2 Å². The topological polar surface area (TPSA) is 104 Å². The second kappa shape index (κ2) is 10.3. The number of aryl methyl sites for hydroxylation is 1. The molecular formula is C24H24ClN5O3S. The molecular weight excluding hydrogens is 474 g/mol. The molecule has 0 aliphatic carbocycles. The number of aromatic nitrogens is 2. The van der Waals surface area contributed by atoms with Crippen molar-refractivity contribution in [2.75, 3.05) is 22.1 Å². The average molecular weight is 498 g/mol. The molecule has 3 aromatic rings. The third kappa shape index (κ3) is 5.43. The summed E-state index contributed by atoms with van der Waals surface area (Å²) in [5.41, 5.74) is 2.78. The first kappa shape index (κ1) is 23.8. The van der Waals surface area contributed by atoms with E-state index in [0.29, 0.717) is 45.8 Å². The Morgan fingerprint density at radius 1 is 1.15 bits per heavy atom. The molecule has 4 rings (SSSR count). The van der Waals surface area contributed by atoms with Crippen molar-refractivity contribution >= 4 is 57.2 Å². The molecule has 1 unspecified atom stereocenters. The minimum atomic E-state index is -0.326. The van der Waals surface area contributed by atoms with Crippen molar-refractivity contribution < 1.29 is 14.4 Å². The Morgan fingerprint density at radius 3 is 2.62 bits per heavy atom. The van der Waals surface area contributed by atoms with Gasteiger partial charge in [-0.25, -0.2) is 0 Å². The van der Waals surface area contributed by atoms with Crippen LogP contribution in [0.25, 0.3) is 0 Å². The smallest absolute Gasteiger partial charge is 0.257 e. The summed E-state index contributed by atoms with van der Waals surface area (Å²) in [6, 6.07) is 12.2. The molecule has 176 valence electrons. The number of anilines is 3. The first-order valence-corrected chi connectivity index (χ1v) is 12.1. The monoisotopic (exact) mass is 497 g/mol. The first-order valence-electron chi connectivity index (χ1n) is 10.9. The van der Waals surface area contributed by atoms with Gasteiger partial charge in [-0.1, -0.05) is 35.9 Å². The second-order valence-corrected chi connectivity index (χ2v) is 9.53. The molecule has 1 aliphatic rings. The fourth-order valence-electron chi connectivity index (χ4n) is 3.65. The summed E-state index contributed by atoms with van der Waals surface area (Å²) in [5.74, 6) is -0.498. The van der Waals surface area contributed by atoms with Gasteiger partial charge in [0.25, 0.3) is 5.91 Å². The maximum Gasteiger partial charge on any atom is 0.257 e. The lowest BCUT2D eigenvalue weighted by atomic mass is 10.1. The summed E-state index contributed by atoms with van der Waals surface area (Å²) < 4.78 is 0. The predicted octanol–water partition coefficient (Wildman–Crippen LogP) is 5.01. The van der Waals surface area contributed by atoms with Gasteiger partial charge in [0.05, 0.1) is 0 Å². The highest BCUT2D eigenvalue weighted by molar-refractivity contribution is 7.15.